The number of aryl methyl sites for hydroxylation is 2. The van der Waals surface area contributed by atoms with Gasteiger partial charge >= 0.3 is 5.97 Å². The van der Waals surface area contributed by atoms with Gasteiger partial charge in [0.1, 0.15) is 5.82 Å². The van der Waals surface area contributed by atoms with Crippen molar-refractivity contribution in [3.8, 4) is 0 Å². The molecule has 2 rings (SSSR count). The van der Waals surface area contributed by atoms with Gasteiger partial charge in [0.15, 0.2) is 0 Å². The molecule has 0 aliphatic heterocycles. The van der Waals surface area contributed by atoms with Gasteiger partial charge < -0.3 is 10.4 Å². The molecule has 0 saturated carbocycles. The molecule has 5 heteroatoms. The Morgan fingerprint density at radius 3 is 2.35 bits per heavy atom. The third kappa shape index (κ3) is 3.00. The van der Waals surface area contributed by atoms with E-state index in [2.05, 4.69) is 10.3 Å². The molecular formula is C15H14N2O3. The van der Waals surface area contributed by atoms with E-state index in [1.807, 2.05) is 19.9 Å². The molecule has 0 saturated heterocycles. The fourth-order valence-corrected chi connectivity index (χ4v) is 1.96. The van der Waals surface area contributed by atoms with Gasteiger partial charge in [-0.1, -0.05) is 12.1 Å². The van der Waals surface area contributed by atoms with E-state index in [0.29, 0.717) is 5.82 Å². The minimum Gasteiger partial charge on any atom is -0.478 e. The lowest BCUT2D eigenvalue weighted by Crippen LogP contribution is -2.17. The van der Waals surface area contributed by atoms with Gasteiger partial charge in [-0.05, 0) is 43.7 Å². The van der Waals surface area contributed by atoms with Gasteiger partial charge in [-0.15, -0.1) is 0 Å². The highest BCUT2D eigenvalue weighted by Gasteiger charge is 2.16. The molecule has 0 aliphatic rings. The van der Waals surface area contributed by atoms with Crippen molar-refractivity contribution in [2.45, 2.75) is 13.8 Å². The van der Waals surface area contributed by atoms with Crippen molar-refractivity contribution in [1.82, 2.24) is 4.98 Å². The lowest BCUT2D eigenvalue weighted by atomic mass is 10.1. The van der Waals surface area contributed by atoms with E-state index in [9.17, 15) is 9.59 Å². The van der Waals surface area contributed by atoms with Crippen molar-refractivity contribution < 1.29 is 14.7 Å². The maximum absolute atomic E-state index is 12.1. The number of benzene rings is 1. The summed E-state index contributed by atoms with van der Waals surface area (Å²) in [7, 11) is 0. The summed E-state index contributed by atoms with van der Waals surface area (Å²) in [5.41, 5.74) is 1.83. The second-order valence-corrected chi connectivity index (χ2v) is 4.48. The van der Waals surface area contributed by atoms with E-state index in [1.165, 1.54) is 12.1 Å². The number of anilines is 1. The maximum Gasteiger partial charge on any atom is 0.336 e. The first-order valence-corrected chi connectivity index (χ1v) is 6.06. The molecule has 2 N–H and O–H groups in total. The molecule has 0 aliphatic carbocycles. The number of hydrogen-bond donors (Lipinski definition) is 2. The van der Waals surface area contributed by atoms with Crippen LogP contribution >= 0.6 is 0 Å². The molecule has 1 heterocycles. The zero-order chi connectivity index (χ0) is 14.7. The number of pyridine rings is 1. The Morgan fingerprint density at radius 1 is 1.10 bits per heavy atom. The van der Waals surface area contributed by atoms with Crippen LogP contribution in [0.4, 0.5) is 5.82 Å². The van der Waals surface area contributed by atoms with Crippen molar-refractivity contribution in [2.75, 3.05) is 5.32 Å². The van der Waals surface area contributed by atoms with E-state index in [-0.39, 0.29) is 11.1 Å². The number of amides is 1. The van der Waals surface area contributed by atoms with Crippen LogP contribution in [-0.2, 0) is 0 Å². The summed E-state index contributed by atoms with van der Waals surface area (Å²) in [4.78, 5) is 27.4. The number of nitrogens with one attached hydrogen (secondary N) is 1. The molecule has 2 aromatic rings. The predicted molar refractivity (Wildman–Crippen MR) is 75.1 cm³/mol. The number of rotatable bonds is 3. The first kappa shape index (κ1) is 13.7. The molecule has 0 radical (unpaired) electrons. The average molecular weight is 270 g/mol. The Labute approximate surface area is 116 Å². The molecular weight excluding hydrogens is 256 g/mol. The number of carboxylic acid groups (broad SMARTS) is 1. The molecule has 5 nitrogen and oxygen atoms in total. The number of hydrogen-bond acceptors (Lipinski definition) is 3. The minimum atomic E-state index is -1.14. The predicted octanol–water partition coefficient (Wildman–Crippen LogP) is 2.65. The monoisotopic (exact) mass is 270 g/mol. The second-order valence-electron chi connectivity index (χ2n) is 4.48. The smallest absolute Gasteiger partial charge is 0.336 e. The van der Waals surface area contributed by atoms with E-state index >= 15 is 0 Å². The molecule has 102 valence electrons. The number of aromatic carboxylic acids is 1. The van der Waals surface area contributed by atoms with E-state index in [1.54, 1.807) is 18.2 Å². The van der Waals surface area contributed by atoms with Crippen molar-refractivity contribution >= 4 is 17.7 Å². The van der Waals surface area contributed by atoms with Crippen LogP contribution in [0.5, 0.6) is 0 Å². The standard InChI is InChI=1S/C15H14N2O3/c1-9-7-10(2)16-13(8-9)17-14(18)11-5-3-4-6-12(11)15(19)20/h3-8H,1-2H3,(H,19,20)(H,16,17,18). The summed E-state index contributed by atoms with van der Waals surface area (Å²) in [6.45, 7) is 3.73. The third-order valence-electron chi connectivity index (χ3n) is 2.74. The number of carbonyl (C=O) groups is 2. The van der Waals surface area contributed by atoms with Crippen molar-refractivity contribution in [3.05, 3.63) is 58.8 Å². The zero-order valence-electron chi connectivity index (χ0n) is 11.2. The fourth-order valence-electron chi connectivity index (χ4n) is 1.96. The summed E-state index contributed by atoms with van der Waals surface area (Å²) < 4.78 is 0. The van der Waals surface area contributed by atoms with Crippen LogP contribution < -0.4 is 5.32 Å². The molecule has 1 amide bonds. The highest BCUT2D eigenvalue weighted by Crippen LogP contribution is 2.13. The quantitative estimate of drug-likeness (QED) is 0.898. The first-order valence-electron chi connectivity index (χ1n) is 6.06. The van der Waals surface area contributed by atoms with Crippen molar-refractivity contribution in [2.24, 2.45) is 0 Å². The normalized spacial score (nSPS) is 10.1. The topological polar surface area (TPSA) is 79.3 Å². The number of nitrogens with zero attached hydrogens (tertiary/aromatic N) is 1. The highest BCUT2D eigenvalue weighted by atomic mass is 16.4. The highest BCUT2D eigenvalue weighted by molar-refractivity contribution is 6.10. The summed E-state index contributed by atoms with van der Waals surface area (Å²) >= 11 is 0. The summed E-state index contributed by atoms with van der Waals surface area (Å²) in [5.74, 6) is -1.21. The zero-order valence-corrected chi connectivity index (χ0v) is 11.2. The second kappa shape index (κ2) is 5.52. The number of carbonyl (C=O) groups excluding carboxylic acids is 1. The Bertz CT molecular complexity index is 660. The van der Waals surface area contributed by atoms with E-state index in [4.69, 9.17) is 5.11 Å². The van der Waals surface area contributed by atoms with Crippen LogP contribution in [0.25, 0.3) is 0 Å². The van der Waals surface area contributed by atoms with Crippen LogP contribution in [0.3, 0.4) is 0 Å². The van der Waals surface area contributed by atoms with E-state index < -0.39 is 11.9 Å². The molecule has 0 atom stereocenters. The molecule has 0 bridgehead atoms. The van der Waals surface area contributed by atoms with Crippen LogP contribution in [0.1, 0.15) is 32.0 Å². The summed E-state index contributed by atoms with van der Waals surface area (Å²) in [5, 5.41) is 11.7. The molecule has 0 fully saturated rings. The van der Waals surface area contributed by atoms with Gasteiger partial charge in [-0.2, -0.15) is 0 Å². The molecule has 20 heavy (non-hydrogen) atoms. The third-order valence-corrected chi connectivity index (χ3v) is 2.74. The van der Waals surface area contributed by atoms with Crippen molar-refractivity contribution in [3.63, 3.8) is 0 Å². The lowest BCUT2D eigenvalue weighted by molar-refractivity contribution is 0.0692. The van der Waals surface area contributed by atoms with Crippen molar-refractivity contribution in [1.29, 1.82) is 0 Å². The average Bonchev–Trinajstić information content (AvgIpc) is 2.37. The van der Waals surface area contributed by atoms with Gasteiger partial charge in [0.05, 0.1) is 11.1 Å². The molecule has 0 unspecified atom stereocenters. The van der Waals surface area contributed by atoms with Gasteiger partial charge in [0.2, 0.25) is 0 Å². The maximum atomic E-state index is 12.1. The largest absolute Gasteiger partial charge is 0.478 e. The summed E-state index contributed by atoms with van der Waals surface area (Å²) in [6, 6.07) is 9.69. The van der Waals surface area contributed by atoms with Crippen LogP contribution in [0.15, 0.2) is 36.4 Å². The first-order chi connectivity index (χ1) is 9.47. The lowest BCUT2D eigenvalue weighted by Gasteiger charge is -2.08. The van der Waals surface area contributed by atoms with Crippen LogP contribution in [0, 0.1) is 13.8 Å². The van der Waals surface area contributed by atoms with Gasteiger partial charge in [-0.25, -0.2) is 9.78 Å². The van der Waals surface area contributed by atoms with Gasteiger partial charge in [0, 0.05) is 5.69 Å². The fraction of sp³-hybridized carbons (Fsp3) is 0.133. The SMILES string of the molecule is Cc1cc(C)nc(NC(=O)c2ccccc2C(=O)O)c1. The molecule has 0 spiro atoms. The van der Waals surface area contributed by atoms with Gasteiger partial charge in [0.25, 0.3) is 5.91 Å². The number of carboxylic acids is 1. The Kier molecular flexibility index (Phi) is 3.79. The Morgan fingerprint density at radius 2 is 1.75 bits per heavy atom. The van der Waals surface area contributed by atoms with Gasteiger partial charge in [-0.3, -0.25) is 4.79 Å². The Hall–Kier alpha value is -2.69. The molecule has 1 aromatic heterocycles. The van der Waals surface area contributed by atoms with Crippen LogP contribution in [0.2, 0.25) is 0 Å². The molecule has 1 aromatic carbocycles. The Balaban J connectivity index is 2.31. The minimum absolute atomic E-state index is 0.0330. The summed E-state index contributed by atoms with van der Waals surface area (Å²) in [6.07, 6.45) is 0. The van der Waals surface area contributed by atoms with Crippen LogP contribution in [-0.4, -0.2) is 22.0 Å². The number of aromatic nitrogens is 1. The van der Waals surface area contributed by atoms with E-state index in [0.717, 1.165) is 11.3 Å².